The van der Waals surface area contributed by atoms with Crippen LogP contribution in [-0.2, 0) is 28.6 Å². The summed E-state index contributed by atoms with van der Waals surface area (Å²) in [6, 6.07) is -0.824. The van der Waals surface area contributed by atoms with E-state index >= 15 is 0 Å². The molecule has 3 unspecified atom stereocenters. The fourth-order valence-corrected chi connectivity index (χ4v) is 6.51. The Bertz CT molecular complexity index is 750. The van der Waals surface area contributed by atoms with E-state index in [1.54, 1.807) is 0 Å². The van der Waals surface area contributed by atoms with Gasteiger partial charge in [0.25, 0.3) is 0 Å². The first kappa shape index (κ1) is 38.3. The van der Waals surface area contributed by atoms with Crippen LogP contribution in [0.2, 0.25) is 0 Å². The lowest BCUT2D eigenvalue weighted by Gasteiger charge is -2.30. The van der Waals surface area contributed by atoms with Gasteiger partial charge in [0.1, 0.15) is 17.6 Å². The molecule has 3 aliphatic carbocycles. The van der Waals surface area contributed by atoms with Crippen LogP contribution >= 0.6 is 0 Å². The third-order valence-electron chi connectivity index (χ3n) is 9.18. The molecule has 0 aromatic rings. The van der Waals surface area contributed by atoms with Gasteiger partial charge in [-0.15, -0.1) is 0 Å². The van der Waals surface area contributed by atoms with Crippen molar-refractivity contribution in [3.63, 3.8) is 0 Å². The van der Waals surface area contributed by atoms with Crippen molar-refractivity contribution in [3.8, 4) is 0 Å². The Labute approximate surface area is 254 Å². The van der Waals surface area contributed by atoms with Crippen molar-refractivity contribution in [3.05, 3.63) is 0 Å². The van der Waals surface area contributed by atoms with Crippen LogP contribution in [0.25, 0.3) is 0 Å². The number of carbonyl (C=O) groups excluding carboxylic acids is 3. The second-order valence-corrected chi connectivity index (χ2v) is 12.6. The molecular weight excluding hydrogens is 538 g/mol. The van der Waals surface area contributed by atoms with Gasteiger partial charge in [-0.2, -0.15) is 0 Å². The quantitative estimate of drug-likeness (QED) is 0.199. The molecule has 42 heavy (non-hydrogen) atoms. The summed E-state index contributed by atoms with van der Waals surface area (Å²) in [5.74, 6) is 0.833. The van der Waals surface area contributed by atoms with Gasteiger partial charge in [-0.1, -0.05) is 96.3 Å². The zero-order chi connectivity index (χ0) is 31.4. The molecule has 0 aromatic heterocycles. The summed E-state index contributed by atoms with van der Waals surface area (Å²) < 4.78 is 13.8. The monoisotopic (exact) mass is 599 g/mol. The number of rotatable bonds is 11. The third-order valence-corrected chi connectivity index (χ3v) is 9.18. The smallest absolute Gasteiger partial charge is 0.328 e. The minimum Gasteiger partial charge on any atom is -0.468 e. The van der Waals surface area contributed by atoms with Crippen LogP contribution in [0.3, 0.4) is 0 Å². The summed E-state index contributed by atoms with van der Waals surface area (Å²) in [5, 5.41) is 9.19. The number of hydrogen-bond donors (Lipinski definition) is 4. The highest BCUT2D eigenvalue weighted by Crippen LogP contribution is 2.30. The number of esters is 3. The second kappa shape index (κ2) is 21.9. The largest absolute Gasteiger partial charge is 0.468 e. The van der Waals surface area contributed by atoms with Gasteiger partial charge in [0.2, 0.25) is 0 Å². The van der Waals surface area contributed by atoms with E-state index in [9.17, 15) is 19.5 Å². The first-order valence-electron chi connectivity index (χ1n) is 16.2. The summed E-state index contributed by atoms with van der Waals surface area (Å²) in [4.78, 5) is 33.5. The summed E-state index contributed by atoms with van der Waals surface area (Å²) in [6.07, 6.45) is 22.1. The van der Waals surface area contributed by atoms with Gasteiger partial charge in [0.15, 0.2) is 0 Å². The number of ether oxygens (including phenoxy) is 3. The molecule has 0 radical (unpaired) electrons. The van der Waals surface area contributed by atoms with Crippen molar-refractivity contribution in [2.45, 2.75) is 140 Å². The van der Waals surface area contributed by atoms with Gasteiger partial charge in [0.05, 0.1) is 27.9 Å². The molecule has 3 fully saturated rings. The van der Waals surface area contributed by atoms with Crippen molar-refractivity contribution in [1.29, 1.82) is 0 Å². The average Bonchev–Trinajstić information content (AvgIpc) is 3.04. The summed E-state index contributed by atoms with van der Waals surface area (Å²) in [5.41, 5.74) is 16.0. The number of methoxy groups -OCH3 is 3. The van der Waals surface area contributed by atoms with Crippen LogP contribution in [0.15, 0.2) is 0 Å². The van der Waals surface area contributed by atoms with Crippen LogP contribution in [0.5, 0.6) is 0 Å². The molecule has 3 saturated carbocycles. The van der Waals surface area contributed by atoms with E-state index in [0.29, 0.717) is 18.3 Å². The molecular formula is C32H61N3O7. The highest BCUT2D eigenvalue weighted by Gasteiger charge is 2.37. The van der Waals surface area contributed by atoms with Crippen molar-refractivity contribution >= 4 is 17.9 Å². The van der Waals surface area contributed by atoms with Crippen LogP contribution in [-0.4, -0.2) is 68.6 Å². The minimum atomic E-state index is -1.20. The molecule has 10 heteroatoms. The fourth-order valence-electron chi connectivity index (χ4n) is 6.51. The Morgan fingerprint density at radius 3 is 1.55 bits per heavy atom. The maximum Gasteiger partial charge on any atom is 0.328 e. The zero-order valence-electron chi connectivity index (χ0n) is 26.7. The molecule has 0 bridgehead atoms. The average molecular weight is 600 g/mol. The lowest BCUT2D eigenvalue weighted by atomic mass is 9.80. The first-order chi connectivity index (χ1) is 20.1. The van der Waals surface area contributed by atoms with Crippen LogP contribution in [0.1, 0.15) is 122 Å². The van der Waals surface area contributed by atoms with Gasteiger partial charge in [0, 0.05) is 0 Å². The molecule has 3 aliphatic rings. The number of aliphatic hydroxyl groups is 1. The Balaban J connectivity index is 0.000000316. The number of carbonyl (C=O) groups is 3. The standard InChI is InChI=1S/C11H21NO3.C11H21NO2.C10H19NO2/c1-15-10(14)11(12,8-13)7-9-5-3-2-4-6-9;1-14-11(13)10(12)8-7-9-5-3-2-4-6-9;1-13-10(12)9(11)7-8-5-3-2-4-6-8/h9,13H,2-8,12H2,1H3;9-10H,2-8,12H2,1H3;8-9H,2-7,11H2,1H3. The molecule has 10 nitrogen and oxygen atoms in total. The van der Waals surface area contributed by atoms with E-state index in [0.717, 1.165) is 38.0 Å². The van der Waals surface area contributed by atoms with Gasteiger partial charge in [-0.25, -0.2) is 4.79 Å². The predicted molar refractivity (Wildman–Crippen MR) is 164 cm³/mol. The molecule has 0 aliphatic heterocycles. The van der Waals surface area contributed by atoms with E-state index in [-0.39, 0.29) is 18.5 Å². The van der Waals surface area contributed by atoms with E-state index < -0.39 is 23.6 Å². The van der Waals surface area contributed by atoms with Gasteiger partial charge >= 0.3 is 17.9 Å². The zero-order valence-corrected chi connectivity index (χ0v) is 26.7. The highest BCUT2D eigenvalue weighted by atomic mass is 16.5. The maximum atomic E-state index is 11.4. The number of aliphatic hydroxyl groups excluding tert-OH is 1. The molecule has 0 amide bonds. The highest BCUT2D eigenvalue weighted by molar-refractivity contribution is 5.80. The van der Waals surface area contributed by atoms with Crippen LogP contribution < -0.4 is 17.2 Å². The predicted octanol–water partition coefficient (Wildman–Crippen LogP) is 4.12. The number of hydrogen-bond acceptors (Lipinski definition) is 10. The molecule has 246 valence electrons. The van der Waals surface area contributed by atoms with E-state index in [4.69, 9.17) is 17.2 Å². The first-order valence-corrected chi connectivity index (χ1v) is 16.2. The van der Waals surface area contributed by atoms with Crippen molar-refractivity contribution < 1.29 is 33.7 Å². The van der Waals surface area contributed by atoms with E-state index in [1.807, 2.05) is 0 Å². The molecule has 3 rings (SSSR count). The fraction of sp³-hybridized carbons (Fsp3) is 0.906. The van der Waals surface area contributed by atoms with Crippen molar-refractivity contribution in [2.75, 3.05) is 27.9 Å². The summed E-state index contributed by atoms with van der Waals surface area (Å²) >= 11 is 0. The van der Waals surface area contributed by atoms with Gasteiger partial charge < -0.3 is 36.5 Å². The minimum absolute atomic E-state index is 0.273. The Morgan fingerprint density at radius 2 is 1.12 bits per heavy atom. The van der Waals surface area contributed by atoms with Gasteiger partial charge in [-0.3, -0.25) is 9.59 Å². The number of nitrogens with two attached hydrogens (primary N) is 3. The molecule has 0 heterocycles. The van der Waals surface area contributed by atoms with Crippen LogP contribution in [0.4, 0.5) is 0 Å². The summed E-state index contributed by atoms with van der Waals surface area (Å²) in [7, 11) is 4.09. The maximum absolute atomic E-state index is 11.4. The van der Waals surface area contributed by atoms with E-state index in [2.05, 4.69) is 14.2 Å². The second-order valence-electron chi connectivity index (χ2n) is 12.6. The lowest BCUT2D eigenvalue weighted by molar-refractivity contribution is -0.149. The SMILES string of the molecule is COC(=O)C(N)(CO)CC1CCCCC1.COC(=O)C(N)CC1CCCCC1.COC(=O)C(N)CCC1CCCCC1. The Kier molecular flexibility index (Phi) is 19.9. The molecule has 0 saturated heterocycles. The van der Waals surface area contributed by atoms with E-state index in [1.165, 1.54) is 105 Å². The molecule has 3 atom stereocenters. The topological polar surface area (TPSA) is 177 Å². The molecule has 7 N–H and O–H groups in total. The van der Waals surface area contributed by atoms with Gasteiger partial charge in [-0.05, 0) is 43.4 Å². The summed E-state index contributed by atoms with van der Waals surface area (Å²) in [6.45, 7) is -0.337. The Hall–Kier alpha value is -1.75. The lowest BCUT2D eigenvalue weighted by Crippen LogP contribution is -2.53. The third kappa shape index (κ3) is 15.1. The molecule has 0 spiro atoms. The molecule has 0 aromatic carbocycles. The van der Waals surface area contributed by atoms with Crippen LogP contribution in [0, 0.1) is 17.8 Å². The normalized spacial score (nSPS) is 21.2. The van der Waals surface area contributed by atoms with Crippen molar-refractivity contribution in [1.82, 2.24) is 0 Å². The van der Waals surface area contributed by atoms with Crippen molar-refractivity contribution in [2.24, 2.45) is 35.0 Å². The Morgan fingerprint density at radius 1 is 0.690 bits per heavy atom.